The second-order valence-electron chi connectivity index (χ2n) is 9.97. The Labute approximate surface area is 192 Å². The van der Waals surface area contributed by atoms with Gasteiger partial charge < -0.3 is 15.4 Å². The molecule has 7 heteroatoms. The highest BCUT2D eigenvalue weighted by atomic mass is 19.1. The fourth-order valence-corrected chi connectivity index (χ4v) is 4.97. The number of ether oxygens (including phenoxy) is 1. The molecule has 0 atom stereocenters. The van der Waals surface area contributed by atoms with Crippen LogP contribution in [0.3, 0.4) is 0 Å². The van der Waals surface area contributed by atoms with Crippen molar-refractivity contribution in [3.63, 3.8) is 0 Å². The topological polar surface area (TPSA) is 63.2 Å². The first-order chi connectivity index (χ1) is 15.5. The predicted molar refractivity (Wildman–Crippen MR) is 124 cm³/mol. The number of rotatable bonds is 5. The summed E-state index contributed by atoms with van der Waals surface area (Å²) in [6.45, 7) is 8.26. The smallest absolute Gasteiger partial charge is 0.252 e. The van der Waals surface area contributed by atoms with E-state index in [0.717, 1.165) is 12.8 Å². The van der Waals surface area contributed by atoms with Gasteiger partial charge in [0, 0.05) is 28.7 Å². The molecule has 1 amide bonds. The highest BCUT2D eigenvalue weighted by Gasteiger charge is 2.38. The molecular weight excluding hydrogens is 424 g/mol. The number of hydrogen-bond acceptors (Lipinski definition) is 4. The number of hydrogen-bond donors (Lipinski definition) is 2. The second kappa shape index (κ2) is 8.71. The lowest BCUT2D eigenvalue weighted by molar-refractivity contribution is 0.0874. The Hall–Kier alpha value is -3.06. The van der Waals surface area contributed by atoms with Crippen molar-refractivity contribution in [3.05, 3.63) is 71.4 Å². The van der Waals surface area contributed by atoms with Gasteiger partial charge in [0.25, 0.3) is 5.91 Å². The van der Waals surface area contributed by atoms with E-state index in [2.05, 4.69) is 43.3 Å². The maximum absolute atomic E-state index is 14.0. The number of halogens is 2. The summed E-state index contributed by atoms with van der Waals surface area (Å²) in [5, 5.41) is 7.42. The summed E-state index contributed by atoms with van der Waals surface area (Å²) in [6, 6.07) is 10.6. The van der Waals surface area contributed by atoms with E-state index in [-0.39, 0.29) is 35.2 Å². The van der Waals surface area contributed by atoms with E-state index in [9.17, 15) is 13.6 Å². The van der Waals surface area contributed by atoms with Crippen LogP contribution < -0.4 is 15.4 Å². The lowest BCUT2D eigenvalue weighted by atomic mass is 9.79. The van der Waals surface area contributed by atoms with Gasteiger partial charge in [-0.2, -0.15) is 0 Å². The molecule has 2 heterocycles. The van der Waals surface area contributed by atoms with Crippen molar-refractivity contribution >= 4 is 16.8 Å². The molecule has 1 aromatic heterocycles. The van der Waals surface area contributed by atoms with Crippen LogP contribution in [-0.2, 0) is 6.61 Å². The van der Waals surface area contributed by atoms with Crippen LogP contribution in [0.5, 0.6) is 5.75 Å². The van der Waals surface area contributed by atoms with E-state index < -0.39 is 11.6 Å². The van der Waals surface area contributed by atoms with Crippen molar-refractivity contribution in [2.24, 2.45) is 0 Å². The molecule has 1 aliphatic heterocycles. The monoisotopic (exact) mass is 453 g/mol. The predicted octanol–water partition coefficient (Wildman–Crippen LogP) is 5.13. The minimum absolute atomic E-state index is 0.0235. The lowest BCUT2D eigenvalue weighted by Crippen LogP contribution is -2.62. The molecule has 5 nitrogen and oxygen atoms in total. The Bertz CT molecular complexity index is 1160. The van der Waals surface area contributed by atoms with E-state index in [1.807, 2.05) is 0 Å². The Morgan fingerprint density at radius 3 is 2.36 bits per heavy atom. The van der Waals surface area contributed by atoms with Gasteiger partial charge in [-0.05, 0) is 64.8 Å². The van der Waals surface area contributed by atoms with Gasteiger partial charge in [0.15, 0.2) is 0 Å². The van der Waals surface area contributed by atoms with Crippen LogP contribution in [-0.4, -0.2) is 28.0 Å². The number of piperidine rings is 1. The van der Waals surface area contributed by atoms with Crippen molar-refractivity contribution in [2.45, 2.75) is 64.3 Å². The normalized spacial score (nSPS) is 17.6. The molecule has 0 saturated carbocycles. The van der Waals surface area contributed by atoms with E-state index in [0.29, 0.717) is 22.2 Å². The van der Waals surface area contributed by atoms with E-state index >= 15 is 0 Å². The fourth-order valence-electron chi connectivity index (χ4n) is 4.97. The standard InChI is InChI=1S/C26H29F2N3O2/c1-25(2)13-16(14-26(3,4)31-25)30-24(32)18-11-12-29-23-17(18)7-5-10-22(23)33-15-19-20(27)8-6-9-21(19)28/h5-12,16,31H,13-15H2,1-4H3,(H,30,32). The summed E-state index contributed by atoms with van der Waals surface area (Å²) in [5.74, 6) is -1.17. The van der Waals surface area contributed by atoms with Gasteiger partial charge in [0.2, 0.25) is 0 Å². The summed E-state index contributed by atoms with van der Waals surface area (Å²) in [5.41, 5.74) is 0.607. The molecule has 1 aliphatic rings. The third kappa shape index (κ3) is 5.14. The lowest BCUT2D eigenvalue weighted by Gasteiger charge is -2.46. The molecule has 33 heavy (non-hydrogen) atoms. The average molecular weight is 454 g/mol. The van der Waals surface area contributed by atoms with E-state index in [4.69, 9.17) is 4.74 Å². The highest BCUT2D eigenvalue weighted by molar-refractivity contribution is 6.07. The Balaban J connectivity index is 1.58. The van der Waals surface area contributed by atoms with Crippen LogP contribution >= 0.6 is 0 Å². The second-order valence-corrected chi connectivity index (χ2v) is 9.97. The third-order valence-corrected chi connectivity index (χ3v) is 5.94. The van der Waals surface area contributed by atoms with Crippen molar-refractivity contribution in [1.29, 1.82) is 0 Å². The Morgan fingerprint density at radius 1 is 1.06 bits per heavy atom. The molecular formula is C26H29F2N3O2. The maximum Gasteiger partial charge on any atom is 0.252 e. The SMILES string of the molecule is CC1(C)CC(NC(=O)c2ccnc3c(OCc4c(F)cccc4F)cccc23)CC(C)(C)N1. The zero-order valence-electron chi connectivity index (χ0n) is 19.3. The summed E-state index contributed by atoms with van der Waals surface area (Å²) in [4.78, 5) is 17.6. The third-order valence-electron chi connectivity index (χ3n) is 5.94. The van der Waals surface area contributed by atoms with Crippen LogP contribution in [0.4, 0.5) is 8.78 Å². The first kappa shape index (κ1) is 23.1. The first-order valence-corrected chi connectivity index (χ1v) is 11.1. The first-order valence-electron chi connectivity index (χ1n) is 11.1. The number of benzene rings is 2. The molecule has 4 rings (SSSR count). The highest BCUT2D eigenvalue weighted by Crippen LogP contribution is 2.30. The van der Waals surface area contributed by atoms with Crippen LogP contribution in [0.1, 0.15) is 56.5 Å². The molecule has 2 aromatic carbocycles. The number of carbonyl (C=O) groups is 1. The molecule has 1 saturated heterocycles. The largest absolute Gasteiger partial charge is 0.486 e. The van der Waals surface area contributed by atoms with Crippen molar-refractivity contribution in [2.75, 3.05) is 0 Å². The number of aromatic nitrogens is 1. The summed E-state index contributed by atoms with van der Waals surface area (Å²) in [6.07, 6.45) is 3.17. The van der Waals surface area contributed by atoms with E-state index in [1.165, 1.54) is 18.2 Å². The minimum Gasteiger partial charge on any atom is -0.486 e. The minimum atomic E-state index is -0.670. The zero-order valence-corrected chi connectivity index (χ0v) is 19.3. The Morgan fingerprint density at radius 2 is 1.70 bits per heavy atom. The quantitative estimate of drug-likeness (QED) is 0.562. The zero-order chi connectivity index (χ0) is 23.8. The molecule has 1 fully saturated rings. The number of para-hydroxylation sites is 1. The molecule has 174 valence electrons. The van der Waals surface area contributed by atoms with Crippen molar-refractivity contribution < 1.29 is 18.3 Å². The number of fused-ring (bicyclic) bond motifs is 1. The molecule has 0 bridgehead atoms. The fraction of sp³-hybridized carbons (Fsp3) is 0.385. The van der Waals surface area contributed by atoms with Crippen LogP contribution in [0.25, 0.3) is 10.9 Å². The summed E-state index contributed by atoms with van der Waals surface area (Å²) >= 11 is 0. The number of amides is 1. The average Bonchev–Trinajstić information content (AvgIpc) is 2.70. The van der Waals surface area contributed by atoms with Gasteiger partial charge in [0.05, 0.1) is 11.1 Å². The van der Waals surface area contributed by atoms with Gasteiger partial charge in [-0.15, -0.1) is 0 Å². The van der Waals surface area contributed by atoms with Gasteiger partial charge in [-0.25, -0.2) is 8.78 Å². The van der Waals surface area contributed by atoms with Crippen LogP contribution in [0, 0.1) is 11.6 Å². The van der Waals surface area contributed by atoms with Gasteiger partial charge in [-0.1, -0.05) is 18.2 Å². The number of nitrogens with zero attached hydrogens (tertiary/aromatic N) is 1. The van der Waals surface area contributed by atoms with Gasteiger partial charge >= 0.3 is 0 Å². The Kier molecular flexibility index (Phi) is 6.10. The number of pyridine rings is 1. The van der Waals surface area contributed by atoms with E-state index in [1.54, 1.807) is 30.5 Å². The molecule has 0 aliphatic carbocycles. The van der Waals surface area contributed by atoms with Crippen molar-refractivity contribution in [3.8, 4) is 5.75 Å². The summed E-state index contributed by atoms with van der Waals surface area (Å²) < 4.78 is 33.7. The molecule has 0 radical (unpaired) electrons. The number of nitrogens with one attached hydrogen (secondary N) is 2. The van der Waals surface area contributed by atoms with Gasteiger partial charge in [0.1, 0.15) is 29.5 Å². The van der Waals surface area contributed by atoms with Crippen LogP contribution in [0.15, 0.2) is 48.7 Å². The molecule has 3 aromatic rings. The molecule has 2 N–H and O–H groups in total. The van der Waals surface area contributed by atoms with Crippen molar-refractivity contribution in [1.82, 2.24) is 15.6 Å². The van der Waals surface area contributed by atoms with Crippen LogP contribution in [0.2, 0.25) is 0 Å². The number of carbonyl (C=O) groups excluding carboxylic acids is 1. The van der Waals surface area contributed by atoms with Gasteiger partial charge in [-0.3, -0.25) is 9.78 Å². The molecule has 0 unspecified atom stereocenters. The molecule has 0 spiro atoms. The maximum atomic E-state index is 14.0. The summed E-state index contributed by atoms with van der Waals surface area (Å²) in [7, 11) is 0.